The van der Waals surface area contributed by atoms with E-state index in [4.69, 9.17) is 4.74 Å². The Hall–Kier alpha value is -1.10. The molecule has 1 fully saturated rings. The van der Waals surface area contributed by atoms with Gasteiger partial charge in [-0.1, -0.05) is 19.1 Å². The number of halogens is 1. The fourth-order valence-corrected chi connectivity index (χ4v) is 3.09. The minimum Gasteiger partial charge on any atom is -0.374 e. The van der Waals surface area contributed by atoms with Gasteiger partial charge < -0.3 is 15.4 Å². The van der Waals surface area contributed by atoms with E-state index >= 15 is 0 Å². The summed E-state index contributed by atoms with van der Waals surface area (Å²) in [6, 6.07) is 7.92. The van der Waals surface area contributed by atoms with E-state index in [0.717, 1.165) is 24.3 Å². The monoisotopic (exact) mass is 354 g/mol. The van der Waals surface area contributed by atoms with Gasteiger partial charge in [-0.2, -0.15) is 0 Å². The molecule has 0 radical (unpaired) electrons. The van der Waals surface area contributed by atoms with E-state index in [1.54, 1.807) is 0 Å². The standard InChI is InChI=1S/C19H30N2O2.ClH/c1-14(2)23-13-16-5-4-6-18(12-16)21-19(22)11-15(3)17-7-9-20-10-8-17;/h4-6,12,14-15,17,20H,7-11,13H2,1-3H3,(H,21,22);1H. The van der Waals surface area contributed by atoms with Crippen LogP contribution in [0.25, 0.3) is 0 Å². The highest BCUT2D eigenvalue weighted by atomic mass is 35.5. The number of nitrogens with one attached hydrogen (secondary N) is 2. The summed E-state index contributed by atoms with van der Waals surface area (Å²) in [4.78, 5) is 12.3. The number of carbonyl (C=O) groups excluding carboxylic acids is 1. The van der Waals surface area contributed by atoms with Gasteiger partial charge in [-0.25, -0.2) is 0 Å². The van der Waals surface area contributed by atoms with Gasteiger partial charge in [0.1, 0.15) is 0 Å². The number of hydrogen-bond acceptors (Lipinski definition) is 3. The van der Waals surface area contributed by atoms with Crippen LogP contribution < -0.4 is 10.6 Å². The molecule has 0 saturated carbocycles. The van der Waals surface area contributed by atoms with Crippen LogP contribution >= 0.6 is 12.4 Å². The molecule has 1 heterocycles. The van der Waals surface area contributed by atoms with E-state index in [1.165, 1.54) is 12.8 Å². The molecule has 4 nitrogen and oxygen atoms in total. The van der Waals surface area contributed by atoms with E-state index < -0.39 is 0 Å². The molecule has 0 bridgehead atoms. The van der Waals surface area contributed by atoms with Crippen molar-refractivity contribution in [2.45, 2.75) is 52.7 Å². The van der Waals surface area contributed by atoms with Gasteiger partial charge in [0.05, 0.1) is 12.7 Å². The first-order chi connectivity index (χ1) is 11.0. The predicted molar refractivity (Wildman–Crippen MR) is 102 cm³/mol. The van der Waals surface area contributed by atoms with Crippen molar-refractivity contribution in [3.8, 4) is 0 Å². The quantitative estimate of drug-likeness (QED) is 0.778. The molecule has 0 spiro atoms. The summed E-state index contributed by atoms with van der Waals surface area (Å²) >= 11 is 0. The van der Waals surface area contributed by atoms with Crippen molar-refractivity contribution < 1.29 is 9.53 Å². The summed E-state index contributed by atoms with van der Waals surface area (Å²) in [6.45, 7) is 8.97. The molecule has 0 aromatic heterocycles. The Morgan fingerprint density at radius 3 is 2.67 bits per heavy atom. The molecule has 24 heavy (non-hydrogen) atoms. The third-order valence-electron chi connectivity index (χ3n) is 4.49. The Morgan fingerprint density at radius 1 is 1.29 bits per heavy atom. The summed E-state index contributed by atoms with van der Waals surface area (Å²) < 4.78 is 5.61. The highest BCUT2D eigenvalue weighted by Crippen LogP contribution is 2.24. The summed E-state index contributed by atoms with van der Waals surface area (Å²) in [5, 5.41) is 6.41. The van der Waals surface area contributed by atoms with Crippen molar-refractivity contribution in [2.75, 3.05) is 18.4 Å². The first kappa shape index (κ1) is 20.9. The zero-order valence-corrected chi connectivity index (χ0v) is 15.8. The van der Waals surface area contributed by atoms with Crippen LogP contribution in [0.4, 0.5) is 5.69 Å². The van der Waals surface area contributed by atoms with Crippen LogP contribution in [0.5, 0.6) is 0 Å². The van der Waals surface area contributed by atoms with E-state index in [2.05, 4.69) is 17.6 Å². The maximum Gasteiger partial charge on any atom is 0.224 e. The second kappa shape index (κ2) is 10.7. The predicted octanol–water partition coefficient (Wildman–Crippen LogP) is 4.00. The molecular formula is C19H31ClN2O2. The van der Waals surface area contributed by atoms with Crippen LogP contribution in [-0.2, 0) is 16.1 Å². The van der Waals surface area contributed by atoms with Gasteiger partial charge >= 0.3 is 0 Å². The second-order valence-corrected chi connectivity index (χ2v) is 6.88. The van der Waals surface area contributed by atoms with E-state index in [1.807, 2.05) is 38.1 Å². The Labute approximate surface area is 152 Å². The molecule has 5 heteroatoms. The fraction of sp³-hybridized carbons (Fsp3) is 0.632. The Balaban J connectivity index is 0.00000288. The number of amides is 1. The maximum atomic E-state index is 12.3. The molecule has 2 N–H and O–H groups in total. The highest BCUT2D eigenvalue weighted by Gasteiger charge is 2.22. The van der Waals surface area contributed by atoms with Gasteiger partial charge in [0.25, 0.3) is 0 Å². The molecule has 1 aliphatic rings. The van der Waals surface area contributed by atoms with Crippen molar-refractivity contribution in [1.29, 1.82) is 0 Å². The highest BCUT2D eigenvalue weighted by molar-refractivity contribution is 5.90. The number of hydrogen-bond donors (Lipinski definition) is 2. The van der Waals surface area contributed by atoms with E-state index in [9.17, 15) is 4.79 Å². The average molecular weight is 355 g/mol. The first-order valence-electron chi connectivity index (χ1n) is 8.75. The number of benzene rings is 1. The lowest BCUT2D eigenvalue weighted by atomic mass is 9.84. The Bertz CT molecular complexity index is 502. The van der Waals surface area contributed by atoms with Gasteiger partial charge in [0.2, 0.25) is 5.91 Å². The molecule has 1 amide bonds. The van der Waals surface area contributed by atoms with Crippen molar-refractivity contribution in [1.82, 2.24) is 5.32 Å². The zero-order chi connectivity index (χ0) is 16.7. The van der Waals surface area contributed by atoms with Crippen LogP contribution in [0.2, 0.25) is 0 Å². The number of ether oxygens (including phenoxy) is 1. The molecule has 1 aliphatic heterocycles. The number of piperidine rings is 1. The Morgan fingerprint density at radius 2 is 2.00 bits per heavy atom. The van der Waals surface area contributed by atoms with E-state index in [0.29, 0.717) is 24.9 Å². The third-order valence-corrected chi connectivity index (χ3v) is 4.49. The van der Waals surface area contributed by atoms with Crippen molar-refractivity contribution in [3.63, 3.8) is 0 Å². The number of anilines is 1. The minimum absolute atomic E-state index is 0. The lowest BCUT2D eigenvalue weighted by molar-refractivity contribution is -0.117. The third kappa shape index (κ3) is 7.20. The lowest BCUT2D eigenvalue weighted by Crippen LogP contribution is -2.32. The Kier molecular flexibility index (Phi) is 9.34. The normalized spacial score (nSPS) is 16.5. The molecule has 1 atom stereocenters. The molecule has 0 aliphatic carbocycles. The molecule has 1 saturated heterocycles. The smallest absolute Gasteiger partial charge is 0.224 e. The topological polar surface area (TPSA) is 50.4 Å². The van der Waals surface area contributed by atoms with Gasteiger partial charge in [0.15, 0.2) is 0 Å². The number of carbonyl (C=O) groups is 1. The van der Waals surface area contributed by atoms with Gasteiger partial charge in [0, 0.05) is 12.1 Å². The van der Waals surface area contributed by atoms with Crippen LogP contribution in [0, 0.1) is 11.8 Å². The SMILES string of the molecule is CC(C)OCc1cccc(NC(=O)CC(C)C2CCNCC2)c1.Cl. The zero-order valence-electron chi connectivity index (χ0n) is 15.0. The lowest BCUT2D eigenvalue weighted by Gasteiger charge is -2.27. The fourth-order valence-electron chi connectivity index (χ4n) is 3.09. The summed E-state index contributed by atoms with van der Waals surface area (Å²) in [5.74, 6) is 1.20. The molecule has 1 aromatic rings. The summed E-state index contributed by atoms with van der Waals surface area (Å²) in [7, 11) is 0. The van der Waals surface area contributed by atoms with Crippen molar-refractivity contribution in [2.24, 2.45) is 11.8 Å². The molecule has 1 unspecified atom stereocenters. The average Bonchev–Trinajstić information content (AvgIpc) is 2.54. The van der Waals surface area contributed by atoms with Crippen LogP contribution in [0.3, 0.4) is 0 Å². The minimum atomic E-state index is 0. The van der Waals surface area contributed by atoms with Crippen LogP contribution in [0.1, 0.15) is 45.6 Å². The van der Waals surface area contributed by atoms with Gasteiger partial charge in [-0.05, 0) is 69.3 Å². The van der Waals surface area contributed by atoms with E-state index in [-0.39, 0.29) is 24.4 Å². The first-order valence-corrected chi connectivity index (χ1v) is 8.75. The summed E-state index contributed by atoms with van der Waals surface area (Å²) in [6.07, 6.45) is 3.16. The second-order valence-electron chi connectivity index (χ2n) is 6.88. The molecular weight excluding hydrogens is 324 g/mol. The van der Waals surface area contributed by atoms with Gasteiger partial charge in [-0.15, -0.1) is 12.4 Å². The van der Waals surface area contributed by atoms with Gasteiger partial charge in [-0.3, -0.25) is 4.79 Å². The largest absolute Gasteiger partial charge is 0.374 e. The molecule has 2 rings (SSSR count). The van der Waals surface area contributed by atoms with Crippen LogP contribution in [-0.4, -0.2) is 25.1 Å². The number of rotatable bonds is 7. The molecule has 136 valence electrons. The molecule has 1 aromatic carbocycles. The van der Waals surface area contributed by atoms with Crippen LogP contribution in [0.15, 0.2) is 24.3 Å². The summed E-state index contributed by atoms with van der Waals surface area (Å²) in [5.41, 5.74) is 1.94. The maximum absolute atomic E-state index is 12.3. The van der Waals surface area contributed by atoms with Crippen molar-refractivity contribution >= 4 is 24.0 Å². The van der Waals surface area contributed by atoms with Crippen molar-refractivity contribution in [3.05, 3.63) is 29.8 Å².